The summed E-state index contributed by atoms with van der Waals surface area (Å²) in [6.07, 6.45) is -3.76. The van der Waals surface area contributed by atoms with Crippen molar-refractivity contribution in [3.8, 4) is 5.75 Å². The number of benzene rings is 1. The minimum atomic E-state index is -5.00. The second-order valence-electron chi connectivity index (χ2n) is 5.91. The number of nitrogens with two attached hydrogens (primary N) is 1. The van der Waals surface area contributed by atoms with Crippen molar-refractivity contribution < 1.29 is 31.6 Å². The highest BCUT2D eigenvalue weighted by molar-refractivity contribution is 5.94. The van der Waals surface area contributed by atoms with Gasteiger partial charge in [-0.3, -0.25) is 4.79 Å². The highest BCUT2D eigenvalue weighted by Crippen LogP contribution is 2.30. The molecule has 0 atom stereocenters. The number of aromatic nitrogens is 1. The van der Waals surface area contributed by atoms with Crippen molar-refractivity contribution in [1.82, 2.24) is 10.1 Å². The molecule has 1 amide bonds. The summed E-state index contributed by atoms with van der Waals surface area (Å²) in [4.78, 5) is 14.0. The van der Waals surface area contributed by atoms with Gasteiger partial charge < -0.3 is 19.9 Å². The molecule has 2 aromatic rings. The van der Waals surface area contributed by atoms with E-state index in [2.05, 4.69) is 9.89 Å². The molecule has 26 heavy (non-hydrogen) atoms. The smallest absolute Gasteiger partial charge is 0.403 e. The molecular formula is C16H15F4N3O3. The van der Waals surface area contributed by atoms with Crippen molar-refractivity contribution >= 4 is 11.8 Å². The first-order valence-electron chi connectivity index (χ1n) is 7.79. The zero-order valence-electron chi connectivity index (χ0n) is 13.4. The van der Waals surface area contributed by atoms with Gasteiger partial charge >= 0.3 is 6.36 Å². The fourth-order valence-electron chi connectivity index (χ4n) is 2.90. The summed E-state index contributed by atoms with van der Waals surface area (Å²) >= 11 is 0. The monoisotopic (exact) mass is 373 g/mol. The predicted octanol–water partition coefficient (Wildman–Crippen LogP) is 3.31. The predicted molar refractivity (Wildman–Crippen MR) is 81.9 cm³/mol. The number of anilines is 1. The molecule has 1 aliphatic heterocycles. The molecule has 3 rings (SSSR count). The Bertz CT molecular complexity index is 798. The van der Waals surface area contributed by atoms with E-state index < -0.39 is 23.8 Å². The van der Waals surface area contributed by atoms with Crippen molar-refractivity contribution in [2.24, 2.45) is 0 Å². The van der Waals surface area contributed by atoms with Gasteiger partial charge in [-0.2, -0.15) is 0 Å². The number of likely N-dealkylation sites (tertiary alicyclic amines) is 1. The van der Waals surface area contributed by atoms with Crippen LogP contribution in [0.3, 0.4) is 0 Å². The second-order valence-corrected chi connectivity index (χ2v) is 5.91. The van der Waals surface area contributed by atoms with Crippen molar-refractivity contribution in [2.45, 2.75) is 25.1 Å². The molecule has 2 heterocycles. The molecule has 0 spiro atoms. The molecule has 0 aliphatic carbocycles. The van der Waals surface area contributed by atoms with Crippen LogP contribution in [-0.2, 0) is 0 Å². The lowest BCUT2D eigenvalue weighted by Crippen LogP contribution is -2.38. The molecule has 1 aromatic heterocycles. The van der Waals surface area contributed by atoms with Crippen LogP contribution in [0.15, 0.2) is 28.8 Å². The summed E-state index contributed by atoms with van der Waals surface area (Å²) < 4.78 is 58.7. The number of amides is 1. The maximum Gasteiger partial charge on any atom is 0.573 e. The number of hydrogen-bond donors (Lipinski definition) is 1. The van der Waals surface area contributed by atoms with E-state index in [1.807, 2.05) is 0 Å². The highest BCUT2D eigenvalue weighted by atomic mass is 19.4. The average Bonchev–Trinajstić information content (AvgIpc) is 3.01. The molecule has 140 valence electrons. The van der Waals surface area contributed by atoms with E-state index in [1.54, 1.807) is 6.07 Å². The fraction of sp³-hybridized carbons (Fsp3) is 0.375. The minimum Gasteiger partial charge on any atom is -0.403 e. The molecule has 1 aromatic carbocycles. The summed E-state index contributed by atoms with van der Waals surface area (Å²) in [7, 11) is 0. The zero-order chi connectivity index (χ0) is 18.9. The van der Waals surface area contributed by atoms with E-state index in [0.717, 1.165) is 18.2 Å². The number of rotatable bonds is 3. The molecule has 0 unspecified atom stereocenters. The van der Waals surface area contributed by atoms with Crippen LogP contribution >= 0.6 is 0 Å². The Kier molecular flexibility index (Phi) is 4.75. The molecule has 1 fully saturated rings. The van der Waals surface area contributed by atoms with E-state index in [4.69, 9.17) is 10.3 Å². The van der Waals surface area contributed by atoms with Gasteiger partial charge in [0.25, 0.3) is 5.91 Å². The molecule has 1 aliphatic rings. The maximum absolute atomic E-state index is 13.8. The second kappa shape index (κ2) is 6.85. The first-order valence-corrected chi connectivity index (χ1v) is 7.79. The third-order valence-electron chi connectivity index (χ3n) is 4.15. The van der Waals surface area contributed by atoms with Crippen LogP contribution in [0.2, 0.25) is 0 Å². The van der Waals surface area contributed by atoms with Crippen LogP contribution in [-0.4, -0.2) is 35.4 Å². The highest BCUT2D eigenvalue weighted by Gasteiger charge is 2.33. The number of halogens is 4. The van der Waals surface area contributed by atoms with Gasteiger partial charge in [0.05, 0.1) is 5.69 Å². The topological polar surface area (TPSA) is 81.6 Å². The quantitative estimate of drug-likeness (QED) is 0.835. The van der Waals surface area contributed by atoms with Crippen LogP contribution in [0, 0.1) is 5.82 Å². The Labute approximate surface area is 145 Å². The summed E-state index contributed by atoms with van der Waals surface area (Å²) in [5, 5.41) is 3.86. The number of piperidine rings is 1. The molecule has 2 N–H and O–H groups in total. The van der Waals surface area contributed by atoms with Gasteiger partial charge in [-0.05, 0) is 31.0 Å². The molecule has 0 saturated carbocycles. The van der Waals surface area contributed by atoms with E-state index in [0.29, 0.717) is 31.6 Å². The lowest BCUT2D eigenvalue weighted by atomic mass is 9.93. The number of ether oxygens (including phenoxy) is 1. The Balaban J connectivity index is 1.64. The van der Waals surface area contributed by atoms with Gasteiger partial charge in [0, 0.05) is 30.6 Å². The molecule has 0 bridgehead atoms. The van der Waals surface area contributed by atoms with E-state index >= 15 is 0 Å². The van der Waals surface area contributed by atoms with Crippen molar-refractivity contribution in [3.63, 3.8) is 0 Å². The van der Waals surface area contributed by atoms with E-state index in [1.165, 1.54) is 4.90 Å². The maximum atomic E-state index is 13.8. The van der Waals surface area contributed by atoms with Gasteiger partial charge in [0.2, 0.25) is 5.88 Å². The van der Waals surface area contributed by atoms with Gasteiger partial charge in [-0.1, -0.05) is 5.16 Å². The average molecular weight is 373 g/mol. The van der Waals surface area contributed by atoms with Gasteiger partial charge in [0.1, 0.15) is 0 Å². The lowest BCUT2D eigenvalue weighted by Gasteiger charge is -2.31. The normalized spacial score (nSPS) is 15.9. The Hall–Kier alpha value is -2.78. The largest absolute Gasteiger partial charge is 0.573 e. The Morgan fingerprint density at radius 2 is 1.96 bits per heavy atom. The number of alkyl halides is 3. The van der Waals surface area contributed by atoms with E-state index in [9.17, 15) is 22.4 Å². The van der Waals surface area contributed by atoms with Crippen LogP contribution in [0.5, 0.6) is 5.75 Å². The minimum absolute atomic E-state index is 0.0406. The number of nitrogens with zero attached hydrogens (tertiary/aromatic N) is 2. The van der Waals surface area contributed by atoms with Crippen LogP contribution < -0.4 is 10.5 Å². The van der Waals surface area contributed by atoms with Crippen LogP contribution in [0.4, 0.5) is 23.4 Å². The number of hydrogen-bond acceptors (Lipinski definition) is 5. The molecule has 0 radical (unpaired) electrons. The fourth-order valence-corrected chi connectivity index (χ4v) is 2.90. The van der Waals surface area contributed by atoms with Gasteiger partial charge in [-0.25, -0.2) is 4.39 Å². The molecule has 1 saturated heterocycles. The van der Waals surface area contributed by atoms with Gasteiger partial charge in [0.15, 0.2) is 11.6 Å². The van der Waals surface area contributed by atoms with Crippen molar-refractivity contribution in [1.29, 1.82) is 0 Å². The summed E-state index contributed by atoms with van der Waals surface area (Å²) in [5.74, 6) is -2.37. The summed E-state index contributed by atoms with van der Waals surface area (Å²) in [6.45, 7) is 0.803. The lowest BCUT2D eigenvalue weighted by molar-refractivity contribution is -0.275. The molecular weight excluding hydrogens is 358 g/mol. The standard InChI is InChI=1S/C16H15F4N3O3/c17-11-7-10(1-2-13(11)25-16(18,19)20)15(24)23-5-3-9(4-6-23)12-8-14(21)26-22-12/h1-2,7-9H,3-6,21H2. The Morgan fingerprint density at radius 3 is 2.50 bits per heavy atom. The number of nitrogen functional groups attached to an aromatic ring is 1. The SMILES string of the molecule is Nc1cc(C2CCN(C(=O)c3ccc(OC(F)(F)F)c(F)c3)CC2)no1. The third-order valence-corrected chi connectivity index (χ3v) is 4.15. The third kappa shape index (κ3) is 4.06. The van der Waals surface area contributed by atoms with E-state index in [-0.39, 0.29) is 17.4 Å². The van der Waals surface area contributed by atoms with Crippen LogP contribution in [0.25, 0.3) is 0 Å². The number of carbonyl (C=O) groups excluding carboxylic acids is 1. The van der Waals surface area contributed by atoms with Gasteiger partial charge in [-0.15, -0.1) is 13.2 Å². The zero-order valence-corrected chi connectivity index (χ0v) is 13.4. The Morgan fingerprint density at radius 1 is 1.27 bits per heavy atom. The first-order chi connectivity index (χ1) is 12.2. The number of carbonyl (C=O) groups is 1. The molecule has 6 nitrogen and oxygen atoms in total. The summed E-state index contributed by atoms with van der Waals surface area (Å²) in [5.41, 5.74) is 6.17. The summed E-state index contributed by atoms with van der Waals surface area (Å²) in [6, 6.07) is 4.28. The molecule has 10 heteroatoms. The van der Waals surface area contributed by atoms with Crippen molar-refractivity contribution in [2.75, 3.05) is 18.8 Å². The van der Waals surface area contributed by atoms with Crippen molar-refractivity contribution in [3.05, 3.63) is 41.3 Å². The first kappa shape index (κ1) is 18.0. The van der Waals surface area contributed by atoms with Crippen LogP contribution in [0.1, 0.15) is 34.8 Å².